The van der Waals surface area contributed by atoms with Gasteiger partial charge in [-0.05, 0) is 0 Å². The molecule has 0 bridgehead atoms. The van der Waals surface area contributed by atoms with Crippen molar-refractivity contribution >= 4 is 17.3 Å². The number of hydrogen-bond donors (Lipinski definition) is 2. The molecule has 0 saturated heterocycles. The first-order valence-corrected chi connectivity index (χ1v) is 3.26. The molecule has 1 heterocycles. The van der Waals surface area contributed by atoms with Crippen molar-refractivity contribution in [2.45, 2.75) is 12.8 Å². The molecular weight excluding hydrogens is 162 g/mol. The number of carbonyl (C=O) groups is 2. The minimum absolute atomic E-state index is 0.317. The molecule has 6 nitrogen and oxygen atoms in total. The van der Waals surface area contributed by atoms with Crippen LogP contribution in [0.1, 0.15) is 6.92 Å². The number of nitrogens with two attached hydrogens (primary N) is 1. The van der Waals surface area contributed by atoms with E-state index in [1.807, 2.05) is 0 Å². The highest BCUT2D eigenvalue weighted by atomic mass is 16.3. The molecule has 0 aromatic carbocycles. The Morgan fingerprint density at radius 3 is 2.42 bits per heavy atom. The van der Waals surface area contributed by atoms with Gasteiger partial charge in [0.1, 0.15) is 0 Å². The molecule has 0 spiro atoms. The van der Waals surface area contributed by atoms with Crippen LogP contribution in [0.25, 0.3) is 0 Å². The van der Waals surface area contributed by atoms with E-state index in [1.54, 1.807) is 0 Å². The molecule has 0 aromatic heterocycles. The van der Waals surface area contributed by atoms with Crippen LogP contribution in [0.4, 0.5) is 0 Å². The van der Waals surface area contributed by atoms with Crippen molar-refractivity contribution in [3.8, 4) is 0 Å². The molecule has 0 saturated carbocycles. The van der Waals surface area contributed by atoms with E-state index in [4.69, 9.17) is 5.73 Å². The predicted octanol–water partition coefficient (Wildman–Crippen LogP) is -1.95. The van der Waals surface area contributed by atoms with Crippen LogP contribution in [0.5, 0.6) is 0 Å². The Bertz CT molecular complexity index is 282. The number of rotatable bonds is 1. The molecule has 0 radical (unpaired) electrons. The molecule has 1 unspecified atom stereocenters. The Kier molecular flexibility index (Phi) is 1.73. The van der Waals surface area contributed by atoms with Gasteiger partial charge in [-0.25, -0.2) is 5.01 Å². The van der Waals surface area contributed by atoms with E-state index in [0.717, 1.165) is 5.01 Å². The van der Waals surface area contributed by atoms with Crippen molar-refractivity contribution in [2.75, 3.05) is 7.05 Å². The Morgan fingerprint density at radius 1 is 1.75 bits per heavy atom. The van der Waals surface area contributed by atoms with Crippen LogP contribution in [0.3, 0.4) is 0 Å². The average molecular weight is 171 g/mol. The van der Waals surface area contributed by atoms with Gasteiger partial charge >= 0.3 is 0 Å². The first-order valence-electron chi connectivity index (χ1n) is 3.26. The molecule has 0 aliphatic carbocycles. The van der Waals surface area contributed by atoms with Crippen LogP contribution in [0, 0.1) is 0 Å². The van der Waals surface area contributed by atoms with E-state index in [-0.39, 0.29) is 5.71 Å². The Hall–Kier alpha value is -1.27. The van der Waals surface area contributed by atoms with E-state index in [0.29, 0.717) is 0 Å². The molecule has 0 amide bonds. The molecule has 1 aliphatic heterocycles. The van der Waals surface area contributed by atoms with Crippen molar-refractivity contribution in [2.24, 2.45) is 10.8 Å². The van der Waals surface area contributed by atoms with Crippen LogP contribution in [0.2, 0.25) is 0 Å². The smallest absolute Gasteiger partial charge is 0.276 e. The molecule has 1 aliphatic rings. The van der Waals surface area contributed by atoms with Crippen LogP contribution in [0.15, 0.2) is 5.10 Å². The van der Waals surface area contributed by atoms with Gasteiger partial charge in [0.05, 0.1) is 0 Å². The summed E-state index contributed by atoms with van der Waals surface area (Å²) in [5.74, 6) is -3.54. The maximum atomic E-state index is 11.1. The minimum atomic E-state index is -2.17. The summed E-state index contributed by atoms with van der Waals surface area (Å²) in [6, 6.07) is 0. The number of carbonyl (C=O) groups excluding carboxylic acids is 2. The molecule has 3 N–H and O–H groups in total. The molecule has 66 valence electrons. The highest BCUT2D eigenvalue weighted by molar-refractivity contribution is 6.67. The number of ketones is 2. The molecule has 6 heteroatoms. The fourth-order valence-electron chi connectivity index (χ4n) is 0.823. The zero-order valence-corrected chi connectivity index (χ0v) is 6.74. The van der Waals surface area contributed by atoms with E-state index >= 15 is 0 Å². The lowest BCUT2D eigenvalue weighted by Gasteiger charge is -2.21. The quantitative estimate of drug-likeness (QED) is 0.447. The van der Waals surface area contributed by atoms with Gasteiger partial charge in [-0.2, -0.15) is 5.10 Å². The van der Waals surface area contributed by atoms with Crippen LogP contribution >= 0.6 is 0 Å². The van der Waals surface area contributed by atoms with E-state index in [2.05, 4.69) is 5.10 Å². The van der Waals surface area contributed by atoms with Gasteiger partial charge < -0.3 is 5.11 Å². The second-order valence-electron chi connectivity index (χ2n) is 2.58. The topological polar surface area (TPSA) is 96.0 Å². The second-order valence-corrected chi connectivity index (χ2v) is 2.58. The Labute approximate surface area is 68.6 Å². The van der Waals surface area contributed by atoms with Crippen molar-refractivity contribution in [1.29, 1.82) is 0 Å². The molecule has 12 heavy (non-hydrogen) atoms. The molecule has 1 rings (SSSR count). The summed E-state index contributed by atoms with van der Waals surface area (Å²) in [5, 5.41) is 13.6. The zero-order chi connectivity index (χ0) is 9.52. The third-order valence-electron chi connectivity index (χ3n) is 1.63. The van der Waals surface area contributed by atoms with E-state index in [1.165, 1.54) is 14.0 Å². The third-order valence-corrected chi connectivity index (χ3v) is 1.63. The largest absolute Gasteiger partial charge is 0.351 e. The summed E-state index contributed by atoms with van der Waals surface area (Å²) >= 11 is 0. The van der Waals surface area contributed by atoms with Gasteiger partial charge in [0.25, 0.3) is 11.6 Å². The lowest BCUT2D eigenvalue weighted by atomic mass is 10.1. The van der Waals surface area contributed by atoms with Gasteiger partial charge in [0, 0.05) is 14.0 Å². The lowest BCUT2D eigenvalue weighted by molar-refractivity contribution is -0.145. The number of Topliss-reactive ketones (excluding diaryl/α,β-unsaturated/α-hetero) is 2. The molecule has 1 atom stereocenters. The van der Waals surface area contributed by atoms with Crippen LogP contribution in [-0.2, 0) is 9.59 Å². The SMILES string of the molecule is CC(=O)C1=NN(C)C(N)(O)C1=O. The summed E-state index contributed by atoms with van der Waals surface area (Å²) < 4.78 is 0. The fourth-order valence-corrected chi connectivity index (χ4v) is 0.823. The number of hydrogen-bond acceptors (Lipinski definition) is 6. The Morgan fingerprint density at radius 2 is 2.25 bits per heavy atom. The highest BCUT2D eigenvalue weighted by Crippen LogP contribution is 2.14. The maximum absolute atomic E-state index is 11.1. The van der Waals surface area contributed by atoms with Crippen molar-refractivity contribution in [3.05, 3.63) is 0 Å². The first-order chi connectivity index (χ1) is 5.37. The molecule has 0 aromatic rings. The lowest BCUT2D eigenvalue weighted by Crippen LogP contribution is -2.56. The van der Waals surface area contributed by atoms with Gasteiger partial charge in [-0.3, -0.25) is 15.3 Å². The van der Waals surface area contributed by atoms with Gasteiger partial charge in [-0.1, -0.05) is 0 Å². The van der Waals surface area contributed by atoms with E-state index < -0.39 is 17.4 Å². The summed E-state index contributed by atoms with van der Waals surface area (Å²) in [4.78, 5) is 21.9. The maximum Gasteiger partial charge on any atom is 0.276 e. The normalized spacial score (nSPS) is 29.2. The monoisotopic (exact) mass is 171 g/mol. The second kappa shape index (κ2) is 2.36. The van der Waals surface area contributed by atoms with Crippen LogP contribution in [-0.4, -0.2) is 40.3 Å². The Balaban J connectivity index is 3.06. The molecule has 0 fully saturated rings. The summed E-state index contributed by atoms with van der Waals surface area (Å²) in [6.45, 7) is 1.19. The van der Waals surface area contributed by atoms with Crippen molar-refractivity contribution in [1.82, 2.24) is 5.01 Å². The summed E-state index contributed by atoms with van der Waals surface area (Å²) in [6.07, 6.45) is 0. The predicted molar refractivity (Wildman–Crippen MR) is 40.0 cm³/mol. The number of hydrazone groups is 1. The first kappa shape index (κ1) is 8.82. The van der Waals surface area contributed by atoms with Crippen molar-refractivity contribution in [3.63, 3.8) is 0 Å². The minimum Gasteiger partial charge on any atom is -0.351 e. The van der Waals surface area contributed by atoms with Gasteiger partial charge in [0.2, 0.25) is 0 Å². The van der Waals surface area contributed by atoms with Crippen molar-refractivity contribution < 1.29 is 14.7 Å². The fraction of sp³-hybridized carbons (Fsp3) is 0.500. The summed E-state index contributed by atoms with van der Waals surface area (Å²) in [7, 11) is 1.31. The standard InChI is InChI=1S/C6H9N3O3/c1-3(10)4-5(11)6(7,12)9(2)8-4/h12H,7H2,1-2H3. The van der Waals surface area contributed by atoms with E-state index in [9.17, 15) is 14.7 Å². The third kappa shape index (κ3) is 1.01. The average Bonchev–Trinajstić information content (AvgIpc) is 2.13. The van der Waals surface area contributed by atoms with Gasteiger partial charge in [-0.15, -0.1) is 0 Å². The number of nitrogens with zero attached hydrogens (tertiary/aromatic N) is 2. The van der Waals surface area contributed by atoms with Gasteiger partial charge in [0.15, 0.2) is 11.5 Å². The van der Waals surface area contributed by atoms with Crippen LogP contribution < -0.4 is 5.73 Å². The number of likely N-dealkylation sites (N-methyl/N-ethyl adjacent to an activating group) is 1. The molecular formula is C6H9N3O3. The zero-order valence-electron chi connectivity index (χ0n) is 6.74. The highest BCUT2D eigenvalue weighted by Gasteiger charge is 2.46. The number of aliphatic hydroxyl groups is 1. The summed E-state index contributed by atoms with van der Waals surface area (Å²) in [5.41, 5.74) is 4.84.